The van der Waals surface area contributed by atoms with Crippen LogP contribution in [0.5, 0.6) is 0 Å². The van der Waals surface area contributed by atoms with E-state index in [2.05, 4.69) is 39.8 Å². The third kappa shape index (κ3) is 2.50. The summed E-state index contributed by atoms with van der Waals surface area (Å²) in [5.74, 6) is 2.04. The molecule has 1 aromatic rings. The van der Waals surface area contributed by atoms with Crippen molar-refractivity contribution in [1.82, 2.24) is 0 Å². The second-order valence-electron chi connectivity index (χ2n) is 4.56. The summed E-state index contributed by atoms with van der Waals surface area (Å²) >= 11 is 0. The average molecular weight is 191 g/mol. The van der Waals surface area contributed by atoms with Crippen LogP contribution < -0.4 is 5.73 Å². The van der Waals surface area contributed by atoms with Gasteiger partial charge < -0.3 is 5.73 Å². The molecule has 2 N–H and O–H groups in total. The predicted octanol–water partition coefficient (Wildman–Crippen LogP) is 3.66. The Kier molecular flexibility index (Phi) is 3.56. The highest BCUT2D eigenvalue weighted by Gasteiger charge is 2.16. The van der Waals surface area contributed by atoms with Gasteiger partial charge >= 0.3 is 0 Å². The normalized spacial score (nSPS) is 15.5. The first-order valence-corrected chi connectivity index (χ1v) is 5.37. The molecule has 1 nitrogen and oxygen atoms in total. The van der Waals surface area contributed by atoms with Gasteiger partial charge in [-0.25, -0.2) is 0 Å². The Bertz CT molecular complexity index is 274. The Labute approximate surface area is 87.3 Å². The van der Waals surface area contributed by atoms with E-state index in [0.717, 1.165) is 11.6 Å². The molecule has 0 fully saturated rings. The van der Waals surface area contributed by atoms with Gasteiger partial charge in [0.05, 0.1) is 0 Å². The average Bonchev–Trinajstić information content (AvgIpc) is 2.16. The minimum Gasteiger partial charge on any atom is -0.399 e. The fraction of sp³-hybridized carbons (Fsp3) is 0.538. The highest BCUT2D eigenvalue weighted by molar-refractivity contribution is 5.40. The van der Waals surface area contributed by atoms with E-state index in [4.69, 9.17) is 5.73 Å². The third-order valence-corrected chi connectivity index (χ3v) is 3.30. The van der Waals surface area contributed by atoms with Crippen LogP contribution in [0.25, 0.3) is 0 Å². The maximum atomic E-state index is 5.66. The number of nitrogen functional groups attached to an aromatic ring is 1. The molecule has 0 amide bonds. The fourth-order valence-corrected chi connectivity index (χ4v) is 1.68. The topological polar surface area (TPSA) is 26.0 Å². The first-order valence-electron chi connectivity index (χ1n) is 5.37. The predicted molar refractivity (Wildman–Crippen MR) is 63.3 cm³/mol. The van der Waals surface area contributed by atoms with E-state index < -0.39 is 0 Å². The Morgan fingerprint density at radius 3 is 1.86 bits per heavy atom. The summed E-state index contributed by atoms with van der Waals surface area (Å²) in [6.07, 6.45) is 0. The SMILES string of the molecule is CC(C)C(C)C(C)c1ccc(N)cc1. The van der Waals surface area contributed by atoms with E-state index in [1.54, 1.807) is 0 Å². The number of nitrogens with two attached hydrogens (primary N) is 1. The van der Waals surface area contributed by atoms with Gasteiger partial charge in [-0.3, -0.25) is 0 Å². The van der Waals surface area contributed by atoms with E-state index in [9.17, 15) is 0 Å². The molecule has 1 rings (SSSR count). The zero-order valence-corrected chi connectivity index (χ0v) is 9.62. The van der Waals surface area contributed by atoms with Crippen molar-refractivity contribution in [1.29, 1.82) is 0 Å². The van der Waals surface area contributed by atoms with Crippen LogP contribution in [0.15, 0.2) is 24.3 Å². The highest BCUT2D eigenvalue weighted by Crippen LogP contribution is 2.29. The van der Waals surface area contributed by atoms with E-state index in [0.29, 0.717) is 11.8 Å². The molecule has 0 saturated carbocycles. The number of hydrogen-bond donors (Lipinski definition) is 1. The summed E-state index contributed by atoms with van der Waals surface area (Å²) in [5.41, 5.74) is 7.90. The Morgan fingerprint density at radius 2 is 1.43 bits per heavy atom. The largest absolute Gasteiger partial charge is 0.399 e. The van der Waals surface area contributed by atoms with Crippen LogP contribution in [-0.4, -0.2) is 0 Å². The van der Waals surface area contributed by atoms with Crippen LogP contribution in [0, 0.1) is 11.8 Å². The molecule has 0 spiro atoms. The second kappa shape index (κ2) is 4.50. The zero-order chi connectivity index (χ0) is 10.7. The molecule has 0 saturated heterocycles. The van der Waals surface area contributed by atoms with Crippen molar-refractivity contribution < 1.29 is 0 Å². The molecule has 0 aliphatic carbocycles. The van der Waals surface area contributed by atoms with Gasteiger partial charge in [-0.1, -0.05) is 39.8 Å². The van der Waals surface area contributed by atoms with Gasteiger partial charge in [0.2, 0.25) is 0 Å². The number of anilines is 1. The van der Waals surface area contributed by atoms with Gasteiger partial charge in [-0.15, -0.1) is 0 Å². The van der Waals surface area contributed by atoms with Crippen LogP contribution in [0.2, 0.25) is 0 Å². The lowest BCUT2D eigenvalue weighted by Crippen LogP contribution is -2.12. The number of benzene rings is 1. The maximum absolute atomic E-state index is 5.66. The van der Waals surface area contributed by atoms with Crippen LogP contribution in [0.4, 0.5) is 5.69 Å². The first-order chi connectivity index (χ1) is 6.52. The first kappa shape index (κ1) is 11.1. The molecule has 2 atom stereocenters. The molecule has 14 heavy (non-hydrogen) atoms. The summed E-state index contributed by atoms with van der Waals surface area (Å²) in [4.78, 5) is 0. The zero-order valence-electron chi connectivity index (χ0n) is 9.62. The minimum absolute atomic E-state index is 0.607. The van der Waals surface area contributed by atoms with E-state index >= 15 is 0 Å². The summed E-state index contributed by atoms with van der Waals surface area (Å²) in [5, 5.41) is 0. The van der Waals surface area contributed by atoms with E-state index in [1.807, 2.05) is 12.1 Å². The lowest BCUT2D eigenvalue weighted by molar-refractivity contribution is 0.363. The summed E-state index contributed by atoms with van der Waals surface area (Å²) < 4.78 is 0. The second-order valence-corrected chi connectivity index (χ2v) is 4.56. The number of hydrogen-bond acceptors (Lipinski definition) is 1. The van der Waals surface area contributed by atoms with Crippen molar-refractivity contribution in [2.75, 3.05) is 5.73 Å². The van der Waals surface area contributed by atoms with Gasteiger partial charge in [-0.05, 0) is 35.4 Å². The molecule has 0 aliphatic heterocycles. The minimum atomic E-state index is 0.607. The molecule has 1 aromatic carbocycles. The monoisotopic (exact) mass is 191 g/mol. The molecule has 78 valence electrons. The molecule has 1 heteroatoms. The van der Waals surface area contributed by atoms with Gasteiger partial charge in [-0.2, -0.15) is 0 Å². The van der Waals surface area contributed by atoms with Gasteiger partial charge in [0, 0.05) is 5.69 Å². The van der Waals surface area contributed by atoms with Gasteiger partial charge in [0.25, 0.3) is 0 Å². The van der Waals surface area contributed by atoms with Crippen LogP contribution >= 0.6 is 0 Å². The van der Waals surface area contributed by atoms with Crippen molar-refractivity contribution in [2.45, 2.75) is 33.6 Å². The van der Waals surface area contributed by atoms with Crippen molar-refractivity contribution >= 4 is 5.69 Å². The lowest BCUT2D eigenvalue weighted by Gasteiger charge is -2.23. The molecule has 0 bridgehead atoms. The molecular weight excluding hydrogens is 170 g/mol. The van der Waals surface area contributed by atoms with Gasteiger partial charge in [0.15, 0.2) is 0 Å². The molecule has 0 aromatic heterocycles. The summed E-state index contributed by atoms with van der Waals surface area (Å²) in [6, 6.07) is 8.25. The van der Waals surface area contributed by atoms with Gasteiger partial charge in [0.1, 0.15) is 0 Å². The Morgan fingerprint density at radius 1 is 0.929 bits per heavy atom. The number of rotatable bonds is 3. The maximum Gasteiger partial charge on any atom is 0.0314 e. The van der Waals surface area contributed by atoms with Crippen LogP contribution in [0.3, 0.4) is 0 Å². The molecule has 0 heterocycles. The van der Waals surface area contributed by atoms with E-state index in [-0.39, 0.29) is 0 Å². The highest BCUT2D eigenvalue weighted by atomic mass is 14.5. The summed E-state index contributed by atoms with van der Waals surface area (Å²) in [7, 11) is 0. The Hall–Kier alpha value is -0.980. The molecular formula is C13H21N. The molecule has 0 radical (unpaired) electrons. The van der Waals surface area contributed by atoms with Crippen molar-refractivity contribution in [3.05, 3.63) is 29.8 Å². The van der Waals surface area contributed by atoms with Crippen molar-refractivity contribution in [3.63, 3.8) is 0 Å². The smallest absolute Gasteiger partial charge is 0.0314 e. The fourth-order valence-electron chi connectivity index (χ4n) is 1.68. The van der Waals surface area contributed by atoms with Crippen LogP contribution in [0.1, 0.15) is 39.2 Å². The molecule has 0 aliphatic rings. The quantitative estimate of drug-likeness (QED) is 0.725. The summed E-state index contributed by atoms with van der Waals surface area (Å²) in [6.45, 7) is 9.15. The molecule has 2 unspecified atom stereocenters. The van der Waals surface area contributed by atoms with Crippen LogP contribution in [-0.2, 0) is 0 Å². The Balaban J connectivity index is 2.78. The van der Waals surface area contributed by atoms with E-state index in [1.165, 1.54) is 5.56 Å². The lowest BCUT2D eigenvalue weighted by atomic mass is 9.82. The third-order valence-electron chi connectivity index (χ3n) is 3.30. The van der Waals surface area contributed by atoms with Crippen molar-refractivity contribution in [3.8, 4) is 0 Å². The standard InChI is InChI=1S/C13H21N/c1-9(2)10(3)11(4)12-5-7-13(14)8-6-12/h5-11H,14H2,1-4H3. The van der Waals surface area contributed by atoms with Crippen molar-refractivity contribution in [2.24, 2.45) is 11.8 Å².